The largest absolute Gasteiger partial charge is 0.0544 e. The Hall–Kier alpha value is -4.16. The molecule has 0 N–H and O–H groups in total. The quantitative estimate of drug-likeness (QED) is 0.240. The van der Waals surface area contributed by atoms with Crippen molar-refractivity contribution >= 4 is 48.6 Å². The van der Waals surface area contributed by atoms with Gasteiger partial charge < -0.3 is 0 Å². The summed E-state index contributed by atoms with van der Waals surface area (Å²) >= 11 is 0. The summed E-state index contributed by atoms with van der Waals surface area (Å²) in [5.74, 6) is 0. The summed E-state index contributed by atoms with van der Waals surface area (Å²) in [5.41, 5.74) is 9.56. The van der Waals surface area contributed by atoms with E-state index in [1.807, 2.05) is 0 Å². The van der Waals surface area contributed by atoms with Crippen molar-refractivity contribution in [1.82, 2.24) is 0 Å². The van der Waals surface area contributed by atoms with E-state index < -0.39 is 0 Å². The summed E-state index contributed by atoms with van der Waals surface area (Å²) in [6.45, 7) is 0. The highest BCUT2D eigenvalue weighted by molar-refractivity contribution is 5.76. The highest BCUT2D eigenvalue weighted by Gasteiger charge is 1.95. The van der Waals surface area contributed by atoms with Gasteiger partial charge in [0.1, 0.15) is 0 Å². The molecule has 0 fully saturated rings. The molecule has 7 aliphatic carbocycles. The minimum Gasteiger partial charge on any atom is -0.0544 e. The van der Waals surface area contributed by atoms with Gasteiger partial charge in [0.2, 0.25) is 0 Å². The van der Waals surface area contributed by atoms with Gasteiger partial charge in [0, 0.05) is 0 Å². The van der Waals surface area contributed by atoms with E-state index in [4.69, 9.17) is 0 Å². The van der Waals surface area contributed by atoms with Gasteiger partial charge in [0.05, 0.1) is 0 Å². The van der Waals surface area contributed by atoms with E-state index in [1.54, 1.807) is 0 Å². The van der Waals surface area contributed by atoms with Gasteiger partial charge in [-0.2, -0.15) is 0 Å². The van der Waals surface area contributed by atoms with Crippen LogP contribution in [0.2, 0.25) is 0 Å². The maximum Gasteiger partial charge on any atom is -0.0256 e. The third kappa shape index (κ3) is 5.11. The van der Waals surface area contributed by atoms with Crippen molar-refractivity contribution in [2.75, 3.05) is 0 Å². The van der Waals surface area contributed by atoms with Crippen LogP contribution in [0.4, 0.5) is 0 Å². The maximum atomic E-state index is 2.16. The van der Waals surface area contributed by atoms with E-state index >= 15 is 0 Å². The van der Waals surface area contributed by atoms with Crippen LogP contribution in [0.5, 0.6) is 0 Å². The first-order valence-electron chi connectivity index (χ1n) is 10.9. The molecule has 4 aromatic rings. The van der Waals surface area contributed by atoms with Crippen molar-refractivity contribution in [3.05, 3.63) is 142 Å². The molecule has 0 heterocycles. The van der Waals surface area contributed by atoms with E-state index in [2.05, 4.69) is 146 Å². The van der Waals surface area contributed by atoms with E-state index in [9.17, 15) is 0 Å². The molecule has 0 atom stereocenters. The average molecular weight is 409 g/mol. The highest BCUT2D eigenvalue weighted by Crippen LogP contribution is 2.17. The fourth-order valence-electron chi connectivity index (χ4n) is 3.64. The second-order valence-electron chi connectivity index (χ2n) is 8.00. The molecule has 0 spiro atoms. The summed E-state index contributed by atoms with van der Waals surface area (Å²) < 4.78 is 0. The molecule has 7 aliphatic rings. The lowest BCUT2D eigenvalue weighted by Crippen LogP contribution is -1.79. The van der Waals surface area contributed by atoms with Crippen molar-refractivity contribution in [3.63, 3.8) is 0 Å². The zero-order chi connectivity index (χ0) is 21.6. The number of hydrogen-bond donors (Lipinski definition) is 0. The molecule has 0 unspecified atom stereocenters. The number of rotatable bonds is 0. The normalized spacial score (nSPS) is 16.5. The Labute approximate surface area is 190 Å². The predicted octanol–water partition coefficient (Wildman–Crippen LogP) is 8.68. The molecule has 152 valence electrons. The van der Waals surface area contributed by atoms with Gasteiger partial charge in [0.15, 0.2) is 0 Å². The molecule has 0 saturated carbocycles. The zero-order valence-electron chi connectivity index (χ0n) is 17.9. The maximum absolute atomic E-state index is 2.16. The van der Waals surface area contributed by atoms with Crippen LogP contribution in [0, 0.1) is 0 Å². The Morgan fingerprint density at radius 3 is 0.344 bits per heavy atom. The van der Waals surface area contributed by atoms with Crippen molar-refractivity contribution in [1.29, 1.82) is 0 Å². The summed E-state index contributed by atoms with van der Waals surface area (Å²) in [6.07, 6.45) is 17.3. The first-order chi connectivity index (χ1) is 15.8. The molecule has 0 heteroatoms. The lowest BCUT2D eigenvalue weighted by Gasteiger charge is -2.00. The standard InChI is InChI=1S/C32H24/c1-2-26-4-3-25(1)17-18-27-5-7-29(8-6-27)21-22-31-13-15-32(16-14-31)24-23-30-11-9-28(10-12-30)20-19-26/h1-24H/b18-17-,20-19-,22-21-,24-23-,25-17?,26-19?,27-18?,28-20?,29-21?,30-23?,31-22?,32-24?. The second-order valence-corrected chi connectivity index (χ2v) is 8.00. The van der Waals surface area contributed by atoms with Crippen LogP contribution in [0.1, 0.15) is 44.5 Å². The number of hydrogen-bond acceptors (Lipinski definition) is 0. The lowest BCUT2D eigenvalue weighted by molar-refractivity contribution is 1.59. The molecule has 0 radical (unpaired) electrons. The Bertz CT molecular complexity index is 979. The molecule has 11 rings (SSSR count). The first-order valence-corrected chi connectivity index (χ1v) is 10.9. The van der Waals surface area contributed by atoms with Crippen molar-refractivity contribution in [2.45, 2.75) is 0 Å². The molecule has 0 aliphatic heterocycles. The zero-order valence-corrected chi connectivity index (χ0v) is 17.9. The van der Waals surface area contributed by atoms with Gasteiger partial charge in [-0.25, -0.2) is 0 Å². The first kappa shape index (κ1) is 19.8. The van der Waals surface area contributed by atoms with Crippen LogP contribution in [-0.4, -0.2) is 0 Å². The van der Waals surface area contributed by atoms with Crippen LogP contribution in [0.25, 0.3) is 48.6 Å². The lowest BCUT2D eigenvalue weighted by atomic mass is 10.1. The molecule has 0 aromatic heterocycles. The van der Waals surface area contributed by atoms with Gasteiger partial charge in [-0.05, 0) is 44.5 Å². The van der Waals surface area contributed by atoms with E-state index in [1.165, 1.54) is 44.5 Å². The van der Waals surface area contributed by atoms with Gasteiger partial charge in [-0.3, -0.25) is 0 Å². The molecule has 0 nitrogen and oxygen atoms in total. The van der Waals surface area contributed by atoms with Gasteiger partial charge in [-0.1, -0.05) is 146 Å². The summed E-state index contributed by atoms with van der Waals surface area (Å²) in [5, 5.41) is 0. The topological polar surface area (TPSA) is 0 Å². The fourth-order valence-corrected chi connectivity index (χ4v) is 3.64. The van der Waals surface area contributed by atoms with E-state index in [0.29, 0.717) is 0 Å². The molecular formula is C32H24. The Morgan fingerprint density at radius 2 is 0.250 bits per heavy atom. The number of benzene rings is 4. The summed E-state index contributed by atoms with van der Waals surface area (Å²) in [6, 6.07) is 34.5. The monoisotopic (exact) mass is 408 g/mol. The van der Waals surface area contributed by atoms with Crippen molar-refractivity contribution in [2.24, 2.45) is 0 Å². The van der Waals surface area contributed by atoms with Crippen LogP contribution >= 0.6 is 0 Å². The predicted molar refractivity (Wildman–Crippen MR) is 141 cm³/mol. The van der Waals surface area contributed by atoms with E-state index in [0.717, 1.165) is 0 Å². The third-order valence-electron chi connectivity index (χ3n) is 5.62. The average Bonchev–Trinajstić information content (AvgIpc) is 2.86. The fraction of sp³-hybridized carbons (Fsp3) is 0. The molecule has 32 heavy (non-hydrogen) atoms. The second kappa shape index (κ2) is 9.32. The van der Waals surface area contributed by atoms with Crippen LogP contribution in [0.15, 0.2) is 97.1 Å². The van der Waals surface area contributed by atoms with E-state index in [-0.39, 0.29) is 0 Å². The third-order valence-corrected chi connectivity index (χ3v) is 5.62. The minimum absolute atomic E-state index is 1.19. The molecule has 8 bridgehead atoms. The molecule has 4 aromatic carbocycles. The van der Waals surface area contributed by atoms with Crippen LogP contribution in [0.3, 0.4) is 0 Å². The van der Waals surface area contributed by atoms with Crippen molar-refractivity contribution in [3.8, 4) is 0 Å². The molecule has 0 amide bonds. The van der Waals surface area contributed by atoms with Gasteiger partial charge in [0.25, 0.3) is 0 Å². The Morgan fingerprint density at radius 1 is 0.156 bits per heavy atom. The van der Waals surface area contributed by atoms with Gasteiger partial charge in [-0.15, -0.1) is 0 Å². The SMILES string of the molecule is C1=C\c2ccc(cc2)/C=C\c2ccc(cc2)/C=C\c2ccc(cc2)/C=C\c2ccc/1cc2. The molecular weight excluding hydrogens is 384 g/mol. The minimum atomic E-state index is 1.19. The smallest absolute Gasteiger partial charge is 0.0256 e. The van der Waals surface area contributed by atoms with Crippen molar-refractivity contribution < 1.29 is 0 Å². The van der Waals surface area contributed by atoms with Crippen LogP contribution < -0.4 is 0 Å². The Balaban J connectivity index is 1.49. The van der Waals surface area contributed by atoms with Gasteiger partial charge >= 0.3 is 0 Å². The van der Waals surface area contributed by atoms with Crippen LogP contribution in [-0.2, 0) is 0 Å². The summed E-state index contributed by atoms with van der Waals surface area (Å²) in [4.78, 5) is 0. The molecule has 0 saturated heterocycles. The summed E-state index contributed by atoms with van der Waals surface area (Å²) in [7, 11) is 0. The Kier molecular flexibility index (Phi) is 5.76. The highest BCUT2D eigenvalue weighted by atomic mass is 14.0.